The van der Waals surface area contributed by atoms with Crippen LogP contribution in [0.15, 0.2) is 35.5 Å². The molecule has 2 rings (SSSR count). The third-order valence-electron chi connectivity index (χ3n) is 3.63. The molecular formula is C18H21N3O6. The second-order valence-corrected chi connectivity index (χ2v) is 5.77. The number of rotatable bonds is 6. The van der Waals surface area contributed by atoms with E-state index in [-0.39, 0.29) is 36.0 Å². The molecule has 0 spiro atoms. The number of esters is 2. The number of urea groups is 1. The zero-order valence-electron chi connectivity index (χ0n) is 15.3. The smallest absolute Gasteiger partial charge is 0.338 e. The molecule has 0 saturated carbocycles. The fourth-order valence-electron chi connectivity index (χ4n) is 2.54. The normalized spacial score (nSPS) is 16.1. The number of nitrogens with one attached hydrogen (secondary N) is 3. The Kier molecular flexibility index (Phi) is 6.53. The van der Waals surface area contributed by atoms with E-state index in [0.29, 0.717) is 5.69 Å². The summed E-state index contributed by atoms with van der Waals surface area (Å²) < 4.78 is 10.2. The lowest BCUT2D eigenvalue weighted by molar-refractivity contribution is -0.139. The highest BCUT2D eigenvalue weighted by molar-refractivity contribution is 5.96. The second kappa shape index (κ2) is 8.84. The van der Waals surface area contributed by atoms with E-state index in [1.807, 2.05) is 0 Å². The van der Waals surface area contributed by atoms with Gasteiger partial charge in [-0.05, 0) is 32.0 Å². The first-order valence-electron chi connectivity index (χ1n) is 8.34. The third kappa shape index (κ3) is 5.30. The van der Waals surface area contributed by atoms with Crippen LogP contribution in [0, 0.1) is 0 Å². The maximum atomic E-state index is 12.3. The fourth-order valence-corrected chi connectivity index (χ4v) is 2.54. The molecule has 0 aromatic heterocycles. The van der Waals surface area contributed by atoms with Gasteiger partial charge in [0.2, 0.25) is 5.91 Å². The molecule has 1 aromatic carbocycles. The average Bonchev–Trinajstić information content (AvgIpc) is 2.58. The molecule has 0 radical (unpaired) electrons. The van der Waals surface area contributed by atoms with Crippen LogP contribution in [0.1, 0.15) is 31.1 Å². The van der Waals surface area contributed by atoms with Gasteiger partial charge in [-0.1, -0.05) is 6.07 Å². The van der Waals surface area contributed by atoms with E-state index in [0.717, 1.165) is 0 Å². The van der Waals surface area contributed by atoms with Crippen LogP contribution in [-0.2, 0) is 19.1 Å². The molecule has 0 unspecified atom stereocenters. The number of carbonyl (C=O) groups is 4. The van der Waals surface area contributed by atoms with E-state index >= 15 is 0 Å². The van der Waals surface area contributed by atoms with Crippen molar-refractivity contribution in [3.05, 3.63) is 41.1 Å². The minimum atomic E-state index is -0.668. The van der Waals surface area contributed by atoms with Gasteiger partial charge >= 0.3 is 18.0 Å². The van der Waals surface area contributed by atoms with E-state index in [1.165, 1.54) is 19.1 Å². The van der Waals surface area contributed by atoms with Crippen molar-refractivity contribution < 1.29 is 28.7 Å². The van der Waals surface area contributed by atoms with Gasteiger partial charge in [0.15, 0.2) is 0 Å². The predicted octanol–water partition coefficient (Wildman–Crippen LogP) is 1.32. The Morgan fingerprint density at radius 1 is 1.19 bits per heavy atom. The number of carbonyl (C=O) groups excluding carboxylic acids is 4. The molecule has 3 N–H and O–H groups in total. The quantitative estimate of drug-likeness (QED) is 0.645. The van der Waals surface area contributed by atoms with Crippen molar-refractivity contribution in [2.75, 3.05) is 18.5 Å². The minimum absolute atomic E-state index is 0.163. The van der Waals surface area contributed by atoms with Crippen LogP contribution in [-0.4, -0.2) is 43.1 Å². The Morgan fingerprint density at radius 2 is 1.93 bits per heavy atom. The highest BCUT2D eigenvalue weighted by Gasteiger charge is 2.30. The van der Waals surface area contributed by atoms with Crippen molar-refractivity contribution in [3.63, 3.8) is 0 Å². The molecular weight excluding hydrogens is 354 g/mol. The zero-order valence-corrected chi connectivity index (χ0v) is 15.3. The Hall–Kier alpha value is -3.36. The van der Waals surface area contributed by atoms with Crippen LogP contribution in [0.4, 0.5) is 10.5 Å². The molecule has 0 bridgehead atoms. The molecule has 0 saturated heterocycles. The highest BCUT2D eigenvalue weighted by atomic mass is 16.5. The Bertz CT molecular complexity index is 802. The number of anilines is 1. The second-order valence-electron chi connectivity index (χ2n) is 5.77. The first-order valence-corrected chi connectivity index (χ1v) is 8.34. The molecule has 1 atom stereocenters. The van der Waals surface area contributed by atoms with Crippen LogP contribution in [0.3, 0.4) is 0 Å². The molecule has 0 aliphatic carbocycles. The molecule has 3 amide bonds. The summed E-state index contributed by atoms with van der Waals surface area (Å²) in [6.45, 7) is 4.51. The van der Waals surface area contributed by atoms with Gasteiger partial charge in [0, 0.05) is 12.6 Å². The third-order valence-corrected chi connectivity index (χ3v) is 3.63. The largest absolute Gasteiger partial charge is 0.463 e. The van der Waals surface area contributed by atoms with E-state index in [4.69, 9.17) is 9.47 Å². The van der Waals surface area contributed by atoms with Gasteiger partial charge < -0.3 is 25.4 Å². The first-order chi connectivity index (χ1) is 12.8. The summed E-state index contributed by atoms with van der Waals surface area (Å²) in [5.41, 5.74) is 1.02. The summed E-state index contributed by atoms with van der Waals surface area (Å²) in [7, 11) is 0. The number of hydrogen-bond donors (Lipinski definition) is 3. The van der Waals surface area contributed by atoms with Gasteiger partial charge in [0.25, 0.3) is 0 Å². The minimum Gasteiger partial charge on any atom is -0.463 e. The summed E-state index contributed by atoms with van der Waals surface area (Å²) in [5, 5.41) is 7.60. The number of benzene rings is 1. The van der Waals surface area contributed by atoms with Crippen molar-refractivity contribution >= 4 is 29.6 Å². The Labute approximate surface area is 156 Å². The van der Waals surface area contributed by atoms with Crippen LogP contribution in [0.2, 0.25) is 0 Å². The summed E-state index contributed by atoms with van der Waals surface area (Å²) in [5.74, 6) is -1.54. The molecule has 1 aliphatic heterocycles. The van der Waals surface area contributed by atoms with Gasteiger partial charge in [0.1, 0.15) is 6.61 Å². The van der Waals surface area contributed by atoms with Crippen molar-refractivity contribution in [1.29, 1.82) is 0 Å². The zero-order chi connectivity index (χ0) is 20.0. The van der Waals surface area contributed by atoms with E-state index in [1.54, 1.807) is 26.0 Å². The molecule has 1 heterocycles. The lowest BCUT2D eigenvalue weighted by atomic mass is 10.0. The van der Waals surface area contributed by atoms with Gasteiger partial charge in [0.05, 0.1) is 29.5 Å². The molecule has 27 heavy (non-hydrogen) atoms. The standard InChI is InChI=1S/C18H21N3O6/c1-4-26-17(24)15-10(2)19-18(25)21-14(15)9-27-16(23)12-6-5-7-13(8-12)20-11(3)22/h5-8,10H,4,9H2,1-3H3,(H,20,22)(H2,19,21,25)/t10-/m1/s1. The number of hydrogen-bond acceptors (Lipinski definition) is 6. The van der Waals surface area contributed by atoms with Crippen LogP contribution in [0.5, 0.6) is 0 Å². The molecule has 0 fully saturated rings. The van der Waals surface area contributed by atoms with Crippen molar-refractivity contribution in [2.24, 2.45) is 0 Å². The number of amides is 3. The topological polar surface area (TPSA) is 123 Å². The first kappa shape index (κ1) is 20.0. The Morgan fingerprint density at radius 3 is 2.59 bits per heavy atom. The maximum Gasteiger partial charge on any atom is 0.338 e. The van der Waals surface area contributed by atoms with Gasteiger partial charge in [-0.3, -0.25) is 4.79 Å². The van der Waals surface area contributed by atoms with Gasteiger partial charge in [-0.2, -0.15) is 0 Å². The maximum absolute atomic E-state index is 12.3. The van der Waals surface area contributed by atoms with E-state index < -0.39 is 24.0 Å². The van der Waals surface area contributed by atoms with Crippen molar-refractivity contribution in [3.8, 4) is 0 Å². The molecule has 9 heteroatoms. The Balaban J connectivity index is 2.15. The molecule has 9 nitrogen and oxygen atoms in total. The summed E-state index contributed by atoms with van der Waals surface area (Å²) in [4.78, 5) is 47.2. The summed E-state index contributed by atoms with van der Waals surface area (Å²) in [6, 6.07) is 5.13. The van der Waals surface area contributed by atoms with E-state index in [2.05, 4.69) is 16.0 Å². The highest BCUT2D eigenvalue weighted by Crippen LogP contribution is 2.16. The van der Waals surface area contributed by atoms with Gasteiger partial charge in [-0.25, -0.2) is 14.4 Å². The lowest BCUT2D eigenvalue weighted by Crippen LogP contribution is -2.50. The van der Waals surface area contributed by atoms with E-state index in [9.17, 15) is 19.2 Å². The molecule has 1 aliphatic rings. The van der Waals surface area contributed by atoms with Crippen LogP contribution < -0.4 is 16.0 Å². The SMILES string of the molecule is CCOC(=O)C1=C(COC(=O)c2cccc(NC(C)=O)c2)NC(=O)N[C@@H]1C. The monoisotopic (exact) mass is 375 g/mol. The summed E-state index contributed by atoms with van der Waals surface area (Å²) >= 11 is 0. The fraction of sp³-hybridized carbons (Fsp3) is 0.333. The number of ether oxygens (including phenoxy) is 2. The van der Waals surface area contributed by atoms with Crippen molar-refractivity contribution in [1.82, 2.24) is 10.6 Å². The van der Waals surface area contributed by atoms with Gasteiger partial charge in [-0.15, -0.1) is 0 Å². The van der Waals surface area contributed by atoms with Crippen LogP contribution in [0.25, 0.3) is 0 Å². The van der Waals surface area contributed by atoms with Crippen molar-refractivity contribution in [2.45, 2.75) is 26.8 Å². The predicted molar refractivity (Wildman–Crippen MR) is 95.8 cm³/mol. The molecule has 144 valence electrons. The van der Waals surface area contributed by atoms with Crippen LogP contribution >= 0.6 is 0 Å². The summed E-state index contributed by atoms with van der Waals surface area (Å²) in [6.07, 6.45) is 0. The average molecular weight is 375 g/mol. The molecule has 1 aromatic rings. The lowest BCUT2D eigenvalue weighted by Gasteiger charge is -2.26.